The molecule has 0 saturated heterocycles. The lowest BCUT2D eigenvalue weighted by Gasteiger charge is -2.19. The van der Waals surface area contributed by atoms with Crippen LogP contribution in [-0.4, -0.2) is 77.8 Å². The SMILES string of the molecule is Cc1cccc(C=NCCN(CCN=Cc2cccc(C)n2)CCN=Cc2cccc(C)n2)n1. The first-order valence-corrected chi connectivity index (χ1v) is 11.6. The lowest BCUT2D eigenvalue weighted by Crippen LogP contribution is -2.31. The molecule has 0 radical (unpaired) electrons. The largest absolute Gasteiger partial charge is 0.298 e. The molecule has 3 aromatic heterocycles. The van der Waals surface area contributed by atoms with Crippen LogP contribution in [-0.2, 0) is 0 Å². The van der Waals surface area contributed by atoms with E-state index in [1.54, 1.807) is 0 Å². The Morgan fingerprint density at radius 3 is 1.18 bits per heavy atom. The molecule has 0 unspecified atom stereocenters. The molecule has 3 aromatic rings. The Hall–Kier alpha value is -3.58. The van der Waals surface area contributed by atoms with E-state index in [0.29, 0.717) is 19.6 Å². The summed E-state index contributed by atoms with van der Waals surface area (Å²) in [7, 11) is 0. The Labute approximate surface area is 202 Å². The standard InChI is InChI=1S/C27H33N7/c1-22-7-4-10-25(31-22)19-28-13-16-34(17-14-29-20-26-11-5-8-23(2)32-26)18-15-30-21-27-12-6-9-24(3)33-27/h4-12,19-21H,13-18H2,1-3H3. The summed E-state index contributed by atoms with van der Waals surface area (Å²) in [5, 5.41) is 0. The molecule has 0 fully saturated rings. The van der Waals surface area contributed by atoms with Gasteiger partial charge < -0.3 is 0 Å². The van der Waals surface area contributed by atoms with Gasteiger partial charge in [-0.15, -0.1) is 0 Å². The van der Waals surface area contributed by atoms with Crippen molar-refractivity contribution in [3.05, 3.63) is 88.8 Å². The van der Waals surface area contributed by atoms with E-state index in [1.807, 2.05) is 94.0 Å². The van der Waals surface area contributed by atoms with Crippen LogP contribution in [0.4, 0.5) is 0 Å². The third kappa shape index (κ3) is 9.50. The summed E-state index contributed by atoms with van der Waals surface area (Å²) >= 11 is 0. The van der Waals surface area contributed by atoms with Gasteiger partial charge in [0.2, 0.25) is 0 Å². The summed E-state index contributed by atoms with van der Waals surface area (Å²) in [6, 6.07) is 17.9. The summed E-state index contributed by atoms with van der Waals surface area (Å²) in [6.07, 6.45) is 5.52. The molecule has 0 amide bonds. The molecule has 0 N–H and O–H groups in total. The van der Waals surface area contributed by atoms with Crippen molar-refractivity contribution >= 4 is 18.6 Å². The third-order valence-electron chi connectivity index (χ3n) is 5.04. The average molecular weight is 456 g/mol. The van der Waals surface area contributed by atoms with Crippen LogP contribution in [0.1, 0.15) is 34.2 Å². The van der Waals surface area contributed by atoms with Gasteiger partial charge in [-0.2, -0.15) is 0 Å². The van der Waals surface area contributed by atoms with Crippen LogP contribution in [0.2, 0.25) is 0 Å². The van der Waals surface area contributed by atoms with Gasteiger partial charge in [-0.05, 0) is 57.2 Å². The van der Waals surface area contributed by atoms with Crippen LogP contribution in [0.5, 0.6) is 0 Å². The van der Waals surface area contributed by atoms with Crippen LogP contribution < -0.4 is 0 Å². The number of aliphatic imine (C=N–C) groups is 3. The number of hydrogen-bond acceptors (Lipinski definition) is 7. The zero-order chi connectivity index (χ0) is 24.0. The van der Waals surface area contributed by atoms with Crippen molar-refractivity contribution < 1.29 is 0 Å². The third-order valence-corrected chi connectivity index (χ3v) is 5.04. The van der Waals surface area contributed by atoms with Gasteiger partial charge in [0.15, 0.2) is 0 Å². The minimum atomic E-state index is 0.696. The van der Waals surface area contributed by atoms with Crippen molar-refractivity contribution in [2.75, 3.05) is 39.3 Å². The van der Waals surface area contributed by atoms with Gasteiger partial charge in [-0.1, -0.05) is 18.2 Å². The smallest absolute Gasteiger partial charge is 0.0811 e. The minimum absolute atomic E-state index is 0.696. The molecule has 0 aliphatic carbocycles. The van der Waals surface area contributed by atoms with Crippen molar-refractivity contribution in [1.29, 1.82) is 0 Å². The highest BCUT2D eigenvalue weighted by atomic mass is 15.1. The van der Waals surface area contributed by atoms with Crippen molar-refractivity contribution in [3.63, 3.8) is 0 Å². The monoisotopic (exact) mass is 455 g/mol. The van der Waals surface area contributed by atoms with Crippen LogP contribution in [0.3, 0.4) is 0 Å². The first-order valence-electron chi connectivity index (χ1n) is 11.6. The molecule has 3 heterocycles. The molecule has 0 aliphatic rings. The molecule has 176 valence electrons. The topological polar surface area (TPSA) is 79.0 Å². The van der Waals surface area contributed by atoms with E-state index in [2.05, 4.69) is 34.8 Å². The lowest BCUT2D eigenvalue weighted by atomic mass is 10.3. The van der Waals surface area contributed by atoms with E-state index in [9.17, 15) is 0 Å². The zero-order valence-electron chi connectivity index (χ0n) is 20.3. The van der Waals surface area contributed by atoms with Gasteiger partial charge in [0.25, 0.3) is 0 Å². The van der Waals surface area contributed by atoms with E-state index < -0.39 is 0 Å². The predicted octanol–water partition coefficient (Wildman–Crippen LogP) is 3.76. The Morgan fingerprint density at radius 2 is 0.882 bits per heavy atom. The number of rotatable bonds is 12. The van der Waals surface area contributed by atoms with E-state index in [1.165, 1.54) is 0 Å². The Bertz CT molecular complexity index is 980. The predicted molar refractivity (Wildman–Crippen MR) is 141 cm³/mol. The summed E-state index contributed by atoms with van der Waals surface area (Å²) < 4.78 is 0. The number of nitrogens with zero attached hydrogens (tertiary/aromatic N) is 7. The molecule has 0 spiro atoms. The van der Waals surface area contributed by atoms with Gasteiger partial charge in [-0.25, -0.2) is 0 Å². The molecular formula is C27H33N7. The minimum Gasteiger partial charge on any atom is -0.298 e. The van der Waals surface area contributed by atoms with E-state index in [4.69, 9.17) is 0 Å². The Kier molecular flexibility index (Phi) is 10.2. The van der Waals surface area contributed by atoms with Crippen molar-refractivity contribution in [2.24, 2.45) is 15.0 Å². The van der Waals surface area contributed by atoms with Crippen molar-refractivity contribution in [3.8, 4) is 0 Å². The second-order valence-corrected chi connectivity index (χ2v) is 8.06. The van der Waals surface area contributed by atoms with Gasteiger partial charge >= 0.3 is 0 Å². The molecule has 0 saturated carbocycles. The highest BCUT2D eigenvalue weighted by molar-refractivity contribution is 5.77. The quantitative estimate of drug-likeness (QED) is 0.390. The van der Waals surface area contributed by atoms with Crippen molar-refractivity contribution in [2.45, 2.75) is 20.8 Å². The molecule has 7 heteroatoms. The molecule has 7 nitrogen and oxygen atoms in total. The van der Waals surface area contributed by atoms with E-state index >= 15 is 0 Å². The molecule has 0 aromatic carbocycles. The number of hydrogen-bond donors (Lipinski definition) is 0. The maximum absolute atomic E-state index is 4.57. The fourth-order valence-electron chi connectivity index (χ4n) is 3.32. The molecule has 0 aliphatic heterocycles. The van der Waals surface area contributed by atoms with Crippen LogP contribution in [0, 0.1) is 20.8 Å². The van der Waals surface area contributed by atoms with E-state index in [-0.39, 0.29) is 0 Å². The van der Waals surface area contributed by atoms with Gasteiger partial charge in [0, 0.05) is 55.4 Å². The summed E-state index contributed by atoms with van der Waals surface area (Å²) in [6.45, 7) is 10.5. The first-order chi connectivity index (χ1) is 16.6. The van der Waals surface area contributed by atoms with E-state index in [0.717, 1.165) is 53.8 Å². The second-order valence-electron chi connectivity index (χ2n) is 8.06. The maximum Gasteiger partial charge on any atom is 0.0811 e. The summed E-state index contributed by atoms with van der Waals surface area (Å²) in [5.41, 5.74) is 5.64. The molecular weight excluding hydrogens is 422 g/mol. The number of aryl methyl sites for hydroxylation is 3. The summed E-state index contributed by atoms with van der Waals surface area (Å²) in [5.74, 6) is 0. The van der Waals surface area contributed by atoms with Crippen LogP contribution in [0.25, 0.3) is 0 Å². The zero-order valence-corrected chi connectivity index (χ0v) is 20.3. The second kappa shape index (κ2) is 13.9. The van der Waals surface area contributed by atoms with Gasteiger partial charge in [0.1, 0.15) is 0 Å². The molecule has 0 bridgehead atoms. The maximum atomic E-state index is 4.57. The summed E-state index contributed by atoms with van der Waals surface area (Å²) in [4.78, 5) is 29.4. The average Bonchev–Trinajstić information content (AvgIpc) is 2.82. The Morgan fingerprint density at radius 1 is 0.559 bits per heavy atom. The van der Waals surface area contributed by atoms with Gasteiger partial charge in [-0.3, -0.25) is 34.8 Å². The fourth-order valence-corrected chi connectivity index (χ4v) is 3.32. The van der Waals surface area contributed by atoms with Gasteiger partial charge in [0.05, 0.1) is 36.7 Å². The highest BCUT2D eigenvalue weighted by Crippen LogP contribution is 1.98. The normalized spacial score (nSPS) is 12.0. The Balaban J connectivity index is 1.52. The number of aromatic nitrogens is 3. The lowest BCUT2D eigenvalue weighted by molar-refractivity contribution is 0.298. The molecule has 34 heavy (non-hydrogen) atoms. The number of pyridine rings is 3. The van der Waals surface area contributed by atoms with Crippen LogP contribution in [0.15, 0.2) is 69.6 Å². The van der Waals surface area contributed by atoms with Crippen molar-refractivity contribution in [1.82, 2.24) is 19.9 Å². The highest BCUT2D eigenvalue weighted by Gasteiger charge is 2.03. The fraction of sp³-hybridized carbons (Fsp3) is 0.333. The molecule has 0 atom stereocenters. The van der Waals surface area contributed by atoms with Crippen LogP contribution >= 0.6 is 0 Å². The first kappa shape index (κ1) is 25.1. The molecule has 3 rings (SSSR count).